The van der Waals surface area contributed by atoms with Gasteiger partial charge in [-0.3, -0.25) is 4.79 Å². The van der Waals surface area contributed by atoms with Gasteiger partial charge >= 0.3 is 0 Å². The van der Waals surface area contributed by atoms with Crippen LogP contribution in [-0.2, 0) is 9.53 Å². The van der Waals surface area contributed by atoms with Gasteiger partial charge in [0.15, 0.2) is 0 Å². The zero-order valence-electron chi connectivity index (χ0n) is 11.2. The van der Waals surface area contributed by atoms with E-state index in [2.05, 4.69) is 12.2 Å². The van der Waals surface area contributed by atoms with E-state index in [0.717, 1.165) is 6.42 Å². The lowest BCUT2D eigenvalue weighted by Crippen LogP contribution is -2.48. The lowest BCUT2D eigenvalue weighted by molar-refractivity contribution is -0.123. The van der Waals surface area contributed by atoms with E-state index in [1.54, 1.807) is 0 Å². The molecule has 0 spiro atoms. The maximum Gasteiger partial charge on any atom is 0.236 e. The summed E-state index contributed by atoms with van der Waals surface area (Å²) in [5, 5.41) is 3.13. The van der Waals surface area contributed by atoms with Gasteiger partial charge in [0.25, 0.3) is 0 Å². The highest BCUT2D eigenvalue weighted by molar-refractivity contribution is 5.80. The maximum atomic E-state index is 11.3. The first-order valence-electron chi connectivity index (χ1n) is 6.67. The molecule has 3 atom stereocenters. The Balaban J connectivity index is 2.37. The van der Waals surface area contributed by atoms with Gasteiger partial charge in [0, 0.05) is 6.04 Å². The molecule has 17 heavy (non-hydrogen) atoms. The second kappa shape index (κ2) is 6.97. The normalized spacial score (nSPS) is 27.1. The fraction of sp³-hybridized carbons (Fsp3) is 0.923. The molecule has 0 radical (unpaired) electrons. The van der Waals surface area contributed by atoms with Crippen LogP contribution in [0.2, 0.25) is 0 Å². The summed E-state index contributed by atoms with van der Waals surface area (Å²) in [5.41, 5.74) is 5.35. The number of nitrogens with two attached hydrogens (primary N) is 1. The Bertz CT molecular complexity index is 244. The predicted molar refractivity (Wildman–Crippen MR) is 68.6 cm³/mol. The van der Waals surface area contributed by atoms with Crippen LogP contribution in [0.1, 0.15) is 46.5 Å². The van der Waals surface area contributed by atoms with Crippen LogP contribution in [0.4, 0.5) is 0 Å². The van der Waals surface area contributed by atoms with Gasteiger partial charge in [-0.05, 0) is 18.8 Å². The number of rotatable bonds is 6. The largest absolute Gasteiger partial charge is 0.376 e. The molecule has 1 rings (SSSR count). The fourth-order valence-electron chi connectivity index (χ4n) is 2.36. The summed E-state index contributed by atoms with van der Waals surface area (Å²) in [6.45, 7) is 6.61. The Morgan fingerprint density at radius 3 is 2.59 bits per heavy atom. The quantitative estimate of drug-likeness (QED) is 0.740. The smallest absolute Gasteiger partial charge is 0.236 e. The van der Waals surface area contributed by atoms with Gasteiger partial charge in [-0.15, -0.1) is 0 Å². The average Bonchev–Trinajstić information content (AvgIpc) is 2.25. The Hall–Kier alpha value is -0.610. The first-order valence-corrected chi connectivity index (χ1v) is 6.67. The Labute approximate surface area is 104 Å². The van der Waals surface area contributed by atoms with Gasteiger partial charge in [-0.2, -0.15) is 0 Å². The number of hydrogen-bond donors (Lipinski definition) is 2. The number of carbonyl (C=O) groups excluding carboxylic acids is 1. The third-order valence-corrected chi connectivity index (χ3v) is 3.39. The summed E-state index contributed by atoms with van der Waals surface area (Å²) in [6, 6.07) is -0.135. The molecule has 4 heteroatoms. The van der Waals surface area contributed by atoms with Crippen LogP contribution in [0.3, 0.4) is 0 Å². The number of ether oxygens (including phenoxy) is 1. The predicted octanol–water partition coefficient (Wildman–Crippen LogP) is 1.43. The highest BCUT2D eigenvalue weighted by Gasteiger charge is 2.24. The van der Waals surface area contributed by atoms with Crippen molar-refractivity contribution >= 4 is 5.91 Å². The van der Waals surface area contributed by atoms with E-state index >= 15 is 0 Å². The van der Waals surface area contributed by atoms with Gasteiger partial charge in [0.1, 0.15) is 6.04 Å². The first kappa shape index (κ1) is 14.5. The summed E-state index contributed by atoms with van der Waals surface area (Å²) >= 11 is 0. The van der Waals surface area contributed by atoms with E-state index in [0.29, 0.717) is 18.6 Å². The third kappa shape index (κ3) is 5.04. The fourth-order valence-corrected chi connectivity index (χ4v) is 2.36. The second-order valence-electron chi connectivity index (χ2n) is 5.41. The van der Waals surface area contributed by atoms with Crippen molar-refractivity contribution < 1.29 is 9.53 Å². The second-order valence-corrected chi connectivity index (χ2v) is 5.41. The van der Waals surface area contributed by atoms with Gasteiger partial charge < -0.3 is 15.8 Å². The molecule has 1 saturated carbocycles. The third-order valence-electron chi connectivity index (χ3n) is 3.39. The topological polar surface area (TPSA) is 64.3 Å². The summed E-state index contributed by atoms with van der Waals surface area (Å²) in [4.78, 5) is 11.3. The van der Waals surface area contributed by atoms with Crippen molar-refractivity contribution in [1.82, 2.24) is 5.32 Å². The average molecular weight is 242 g/mol. The van der Waals surface area contributed by atoms with Crippen LogP contribution in [0, 0.1) is 5.92 Å². The summed E-state index contributed by atoms with van der Waals surface area (Å²) in [5.74, 6) is 0.262. The monoisotopic (exact) mass is 242 g/mol. The molecule has 3 unspecified atom stereocenters. The van der Waals surface area contributed by atoms with E-state index in [1.165, 1.54) is 19.3 Å². The molecule has 0 aliphatic heterocycles. The van der Waals surface area contributed by atoms with Gasteiger partial charge in [0.2, 0.25) is 5.91 Å². The first-order chi connectivity index (χ1) is 8.00. The summed E-state index contributed by atoms with van der Waals surface area (Å²) in [7, 11) is 0. The zero-order valence-corrected chi connectivity index (χ0v) is 11.2. The molecule has 0 saturated heterocycles. The highest BCUT2D eigenvalue weighted by atomic mass is 16.5. The number of amides is 1. The molecule has 4 nitrogen and oxygen atoms in total. The van der Waals surface area contributed by atoms with Crippen LogP contribution in [0.15, 0.2) is 0 Å². The van der Waals surface area contributed by atoms with E-state index in [-0.39, 0.29) is 18.0 Å². The zero-order chi connectivity index (χ0) is 12.8. The Morgan fingerprint density at radius 1 is 1.41 bits per heavy atom. The SMILES string of the molecule is CC(C)NC(COC1CCCCC1C)C(N)=O. The number of carbonyl (C=O) groups is 1. The van der Waals surface area contributed by atoms with Gasteiger partial charge in [-0.25, -0.2) is 0 Å². The van der Waals surface area contributed by atoms with Crippen molar-refractivity contribution in [3.63, 3.8) is 0 Å². The molecule has 1 amide bonds. The number of hydrogen-bond acceptors (Lipinski definition) is 3. The molecule has 100 valence electrons. The lowest BCUT2D eigenvalue weighted by Gasteiger charge is -2.30. The van der Waals surface area contributed by atoms with Crippen LogP contribution < -0.4 is 11.1 Å². The van der Waals surface area contributed by atoms with Crippen LogP contribution in [0.25, 0.3) is 0 Å². The van der Waals surface area contributed by atoms with Crippen molar-refractivity contribution in [2.24, 2.45) is 11.7 Å². The molecular formula is C13H26N2O2. The van der Waals surface area contributed by atoms with E-state index < -0.39 is 0 Å². The van der Waals surface area contributed by atoms with Crippen molar-refractivity contribution in [1.29, 1.82) is 0 Å². The highest BCUT2D eigenvalue weighted by Crippen LogP contribution is 2.26. The molecule has 3 N–H and O–H groups in total. The van der Waals surface area contributed by atoms with E-state index in [9.17, 15) is 4.79 Å². The molecular weight excluding hydrogens is 216 g/mol. The summed E-state index contributed by atoms with van der Waals surface area (Å²) < 4.78 is 5.86. The molecule has 1 aliphatic rings. The van der Waals surface area contributed by atoms with Crippen molar-refractivity contribution in [2.45, 2.75) is 64.6 Å². The van der Waals surface area contributed by atoms with Gasteiger partial charge in [0.05, 0.1) is 12.7 Å². The maximum absolute atomic E-state index is 11.3. The van der Waals surface area contributed by atoms with Crippen LogP contribution >= 0.6 is 0 Å². The molecule has 1 fully saturated rings. The molecule has 0 aromatic carbocycles. The van der Waals surface area contributed by atoms with Crippen LogP contribution in [0.5, 0.6) is 0 Å². The van der Waals surface area contributed by atoms with Crippen molar-refractivity contribution in [3.05, 3.63) is 0 Å². The Morgan fingerprint density at radius 2 is 2.06 bits per heavy atom. The van der Waals surface area contributed by atoms with Crippen molar-refractivity contribution in [2.75, 3.05) is 6.61 Å². The van der Waals surface area contributed by atoms with Crippen LogP contribution in [-0.4, -0.2) is 30.7 Å². The number of primary amides is 1. The summed E-state index contributed by atoms with van der Waals surface area (Å²) in [6.07, 6.45) is 5.15. The molecule has 0 aromatic rings. The molecule has 1 aliphatic carbocycles. The van der Waals surface area contributed by atoms with Gasteiger partial charge in [-0.1, -0.05) is 33.6 Å². The standard InChI is InChI=1S/C13H26N2O2/c1-9(2)15-11(13(14)16)8-17-12-7-5-4-6-10(12)3/h9-12,15H,4-8H2,1-3H3,(H2,14,16). The lowest BCUT2D eigenvalue weighted by atomic mass is 9.88. The minimum absolute atomic E-state index is 0.236. The minimum Gasteiger partial charge on any atom is -0.376 e. The van der Waals surface area contributed by atoms with E-state index in [4.69, 9.17) is 10.5 Å². The molecule has 0 heterocycles. The molecule has 0 bridgehead atoms. The van der Waals surface area contributed by atoms with Crippen molar-refractivity contribution in [3.8, 4) is 0 Å². The minimum atomic E-state index is -0.371. The molecule has 0 aromatic heterocycles. The number of nitrogens with one attached hydrogen (secondary N) is 1. The Kier molecular flexibility index (Phi) is 5.92. The van der Waals surface area contributed by atoms with E-state index in [1.807, 2.05) is 13.8 Å².